The van der Waals surface area contributed by atoms with Crippen molar-refractivity contribution in [3.8, 4) is 0 Å². The third-order valence-electron chi connectivity index (χ3n) is 1.36. The van der Waals surface area contributed by atoms with E-state index in [1.165, 1.54) is 25.7 Å². The predicted molar refractivity (Wildman–Crippen MR) is 35.4 cm³/mol. The van der Waals surface area contributed by atoms with Crippen LogP contribution in [0.2, 0.25) is 0 Å². The van der Waals surface area contributed by atoms with Gasteiger partial charge in [0, 0.05) is 0 Å². The summed E-state index contributed by atoms with van der Waals surface area (Å²) in [6, 6.07) is 0. The van der Waals surface area contributed by atoms with Gasteiger partial charge in [0.05, 0.1) is 0 Å². The molecule has 0 bridgehead atoms. The predicted octanol–water partition coefficient (Wildman–Crippen LogP) is 2.56. The molecule has 0 aliphatic heterocycles. The van der Waals surface area contributed by atoms with Crippen LogP contribution < -0.4 is 0 Å². The van der Waals surface area contributed by atoms with Crippen molar-refractivity contribution >= 4 is 0 Å². The van der Waals surface area contributed by atoms with Crippen LogP contribution in [0.5, 0.6) is 0 Å². The SMILES string of the molecule is CCC/C=[C]\C1CC1. The van der Waals surface area contributed by atoms with Crippen LogP contribution in [-0.2, 0) is 0 Å². The molecule has 0 heteroatoms. The van der Waals surface area contributed by atoms with Crippen molar-refractivity contribution in [3.05, 3.63) is 12.2 Å². The zero-order valence-corrected chi connectivity index (χ0v) is 5.48. The minimum Gasteiger partial charge on any atom is -0.0808 e. The van der Waals surface area contributed by atoms with Crippen molar-refractivity contribution in [1.82, 2.24) is 0 Å². The molecule has 0 N–H and O–H groups in total. The summed E-state index contributed by atoms with van der Waals surface area (Å²) in [5.41, 5.74) is 0. The summed E-state index contributed by atoms with van der Waals surface area (Å²) in [7, 11) is 0. The minimum atomic E-state index is 0.849. The Morgan fingerprint density at radius 2 is 2.38 bits per heavy atom. The van der Waals surface area contributed by atoms with Gasteiger partial charge in [-0.1, -0.05) is 19.4 Å². The van der Waals surface area contributed by atoms with Crippen molar-refractivity contribution in [3.63, 3.8) is 0 Å². The number of rotatable bonds is 3. The Morgan fingerprint density at radius 1 is 1.62 bits per heavy atom. The van der Waals surface area contributed by atoms with E-state index in [9.17, 15) is 0 Å². The van der Waals surface area contributed by atoms with E-state index in [2.05, 4.69) is 19.1 Å². The highest BCUT2D eigenvalue weighted by molar-refractivity contribution is 4.88. The first kappa shape index (κ1) is 5.87. The summed E-state index contributed by atoms with van der Waals surface area (Å²) >= 11 is 0. The first-order valence-electron chi connectivity index (χ1n) is 3.51. The maximum absolute atomic E-state index is 3.33. The highest BCUT2D eigenvalue weighted by Crippen LogP contribution is 2.29. The molecule has 1 aliphatic rings. The van der Waals surface area contributed by atoms with Gasteiger partial charge in [0.25, 0.3) is 0 Å². The van der Waals surface area contributed by atoms with Gasteiger partial charge in [-0.25, -0.2) is 0 Å². The zero-order valence-electron chi connectivity index (χ0n) is 5.48. The van der Waals surface area contributed by atoms with Crippen LogP contribution in [0.4, 0.5) is 0 Å². The Bertz CT molecular complexity index is 78.0. The van der Waals surface area contributed by atoms with E-state index in [4.69, 9.17) is 0 Å². The molecular weight excluding hydrogens is 96.1 g/mol. The van der Waals surface area contributed by atoms with E-state index in [0.717, 1.165) is 5.92 Å². The number of hydrogen-bond donors (Lipinski definition) is 0. The molecule has 0 spiro atoms. The molecule has 0 heterocycles. The molecule has 45 valence electrons. The van der Waals surface area contributed by atoms with E-state index in [1.54, 1.807) is 0 Å². The Kier molecular flexibility index (Phi) is 2.13. The van der Waals surface area contributed by atoms with Crippen molar-refractivity contribution in [1.29, 1.82) is 0 Å². The van der Waals surface area contributed by atoms with Gasteiger partial charge in [0.15, 0.2) is 0 Å². The molecule has 1 saturated carbocycles. The summed E-state index contributed by atoms with van der Waals surface area (Å²) in [5, 5.41) is 0. The average Bonchev–Trinajstić information content (AvgIpc) is 2.51. The van der Waals surface area contributed by atoms with Gasteiger partial charge in [-0.3, -0.25) is 0 Å². The molecule has 1 radical (unpaired) electrons. The van der Waals surface area contributed by atoms with Gasteiger partial charge in [0.1, 0.15) is 0 Å². The Hall–Kier alpha value is -0.260. The van der Waals surface area contributed by atoms with Gasteiger partial charge in [0.2, 0.25) is 0 Å². The van der Waals surface area contributed by atoms with Crippen LogP contribution >= 0.6 is 0 Å². The molecular formula is C8H13. The van der Waals surface area contributed by atoms with E-state index in [0.29, 0.717) is 0 Å². The van der Waals surface area contributed by atoms with Crippen molar-refractivity contribution in [2.45, 2.75) is 32.6 Å². The molecule has 1 rings (SSSR count). The molecule has 0 amide bonds. The number of allylic oxidation sites excluding steroid dienone is 2. The Balaban J connectivity index is 1.96. The fourth-order valence-corrected chi connectivity index (χ4v) is 0.644. The quantitative estimate of drug-likeness (QED) is 0.522. The van der Waals surface area contributed by atoms with Crippen LogP contribution in [-0.4, -0.2) is 0 Å². The van der Waals surface area contributed by atoms with Crippen LogP contribution in [0.15, 0.2) is 6.08 Å². The topological polar surface area (TPSA) is 0 Å². The molecule has 0 aromatic carbocycles. The van der Waals surface area contributed by atoms with Gasteiger partial charge in [-0.2, -0.15) is 0 Å². The van der Waals surface area contributed by atoms with E-state index >= 15 is 0 Å². The van der Waals surface area contributed by atoms with Gasteiger partial charge < -0.3 is 0 Å². The number of unbranched alkanes of at least 4 members (excludes halogenated alkanes) is 1. The minimum absolute atomic E-state index is 0.849. The van der Waals surface area contributed by atoms with Crippen molar-refractivity contribution in [2.75, 3.05) is 0 Å². The molecule has 0 atom stereocenters. The second-order valence-corrected chi connectivity index (χ2v) is 2.43. The lowest BCUT2D eigenvalue weighted by Crippen LogP contribution is -1.64. The monoisotopic (exact) mass is 109 g/mol. The molecule has 1 aliphatic carbocycles. The lowest BCUT2D eigenvalue weighted by atomic mass is 10.3. The highest BCUT2D eigenvalue weighted by Gasteiger charge is 2.17. The maximum atomic E-state index is 3.33. The molecule has 0 aromatic rings. The zero-order chi connectivity index (χ0) is 5.82. The third kappa shape index (κ3) is 2.15. The summed E-state index contributed by atoms with van der Waals surface area (Å²) in [5.74, 6) is 0.849. The smallest absolute Gasteiger partial charge is 0.0162 e. The first-order valence-corrected chi connectivity index (χ1v) is 3.51. The van der Waals surface area contributed by atoms with Crippen molar-refractivity contribution < 1.29 is 0 Å². The maximum Gasteiger partial charge on any atom is -0.0162 e. The summed E-state index contributed by atoms with van der Waals surface area (Å²) in [6.07, 6.45) is 10.8. The largest absolute Gasteiger partial charge is 0.0808 e. The standard InChI is InChI=1S/C8H13/c1-2-3-4-5-8-6-7-8/h4,8H,2-3,6-7H2,1H3. The third-order valence-corrected chi connectivity index (χ3v) is 1.36. The van der Waals surface area contributed by atoms with E-state index in [-0.39, 0.29) is 0 Å². The fraction of sp³-hybridized carbons (Fsp3) is 0.750. The molecule has 0 nitrogen and oxygen atoms in total. The molecule has 1 fully saturated rings. The lowest BCUT2D eigenvalue weighted by molar-refractivity contribution is 0.936. The molecule has 8 heavy (non-hydrogen) atoms. The van der Waals surface area contributed by atoms with Crippen LogP contribution in [0.3, 0.4) is 0 Å². The van der Waals surface area contributed by atoms with Gasteiger partial charge >= 0.3 is 0 Å². The highest BCUT2D eigenvalue weighted by atomic mass is 14.2. The summed E-state index contributed by atoms with van der Waals surface area (Å²) in [6.45, 7) is 2.20. The molecule has 0 aromatic heterocycles. The van der Waals surface area contributed by atoms with Gasteiger partial charge in [-0.15, -0.1) is 0 Å². The Labute approximate surface area is 51.6 Å². The van der Waals surface area contributed by atoms with E-state index in [1.807, 2.05) is 0 Å². The second-order valence-electron chi connectivity index (χ2n) is 2.43. The van der Waals surface area contributed by atoms with Gasteiger partial charge in [-0.05, 0) is 31.3 Å². The van der Waals surface area contributed by atoms with Crippen LogP contribution in [0.25, 0.3) is 0 Å². The summed E-state index contributed by atoms with van der Waals surface area (Å²) < 4.78 is 0. The summed E-state index contributed by atoms with van der Waals surface area (Å²) in [4.78, 5) is 0. The molecule has 0 saturated heterocycles. The van der Waals surface area contributed by atoms with Crippen LogP contribution in [0, 0.1) is 12.0 Å². The first-order chi connectivity index (χ1) is 3.93. The fourth-order valence-electron chi connectivity index (χ4n) is 0.644. The Morgan fingerprint density at radius 3 is 2.88 bits per heavy atom. The lowest BCUT2D eigenvalue weighted by Gasteiger charge is -1.80. The van der Waals surface area contributed by atoms with E-state index < -0.39 is 0 Å². The second kappa shape index (κ2) is 2.91. The average molecular weight is 109 g/mol. The van der Waals surface area contributed by atoms with Crippen LogP contribution in [0.1, 0.15) is 32.6 Å². The number of hydrogen-bond acceptors (Lipinski definition) is 0. The molecule has 0 unspecified atom stereocenters. The normalized spacial score (nSPS) is 20.1. The van der Waals surface area contributed by atoms with Crippen molar-refractivity contribution in [2.24, 2.45) is 5.92 Å².